The number of hydrogen-bond donors (Lipinski definition) is 0. The molecule has 0 bridgehead atoms. The molecule has 0 fully saturated rings. The molecule has 0 aliphatic carbocycles. The van der Waals surface area contributed by atoms with Crippen LogP contribution in [0.5, 0.6) is 0 Å². The highest BCUT2D eigenvalue weighted by atomic mass is 16.3. The van der Waals surface area contributed by atoms with Gasteiger partial charge in [0.05, 0.1) is 17.3 Å². The number of benzene rings is 6. The monoisotopic (exact) mass is 552 g/mol. The van der Waals surface area contributed by atoms with Crippen molar-refractivity contribution in [2.75, 3.05) is 4.90 Å². The lowest BCUT2D eigenvalue weighted by molar-refractivity contribution is 0.669. The highest BCUT2D eigenvalue weighted by Gasteiger charge is 2.20. The van der Waals surface area contributed by atoms with Crippen molar-refractivity contribution in [1.29, 1.82) is 0 Å². The van der Waals surface area contributed by atoms with Crippen molar-refractivity contribution in [3.8, 4) is 11.1 Å². The van der Waals surface area contributed by atoms with Gasteiger partial charge in [0.15, 0.2) is 5.58 Å². The average Bonchev–Trinajstić information content (AvgIpc) is 3.65. The summed E-state index contributed by atoms with van der Waals surface area (Å²) in [5.74, 6) is 0. The first kappa shape index (κ1) is 23.8. The molecule has 202 valence electrons. The van der Waals surface area contributed by atoms with Gasteiger partial charge in [-0.05, 0) is 71.1 Å². The van der Waals surface area contributed by atoms with Crippen molar-refractivity contribution in [1.82, 2.24) is 4.98 Å². The smallest absolute Gasteiger partial charge is 0.153 e. The number of rotatable bonds is 4. The van der Waals surface area contributed by atoms with E-state index in [0.717, 1.165) is 71.7 Å². The number of anilines is 3. The number of furan rings is 2. The third kappa shape index (κ3) is 3.74. The minimum Gasteiger partial charge on any atom is -0.456 e. The number of hydrogen-bond acceptors (Lipinski definition) is 4. The Bertz CT molecular complexity index is 2450. The zero-order valence-corrected chi connectivity index (χ0v) is 23.1. The second kappa shape index (κ2) is 9.33. The Hall–Kier alpha value is -5.87. The standard InChI is InChI=1S/C39H24N2O2/c1-2-7-25(8-3-1)26-13-17-28(18-14-26)41(34-10-6-12-36-38(34)32-9-4-5-11-35(32)42-36)29-19-15-27-16-20-31-30-21-22-40-24-37(30)43-39(31)33(27)23-29/h1-24H. The van der Waals surface area contributed by atoms with Gasteiger partial charge >= 0.3 is 0 Å². The van der Waals surface area contributed by atoms with Crippen molar-refractivity contribution < 1.29 is 8.83 Å². The molecule has 9 rings (SSSR count). The molecule has 0 aliphatic heterocycles. The molecule has 0 amide bonds. The van der Waals surface area contributed by atoms with E-state index in [1.165, 1.54) is 11.1 Å². The van der Waals surface area contributed by atoms with Gasteiger partial charge in [-0.1, -0.05) is 78.9 Å². The number of nitrogens with zero attached hydrogens (tertiary/aromatic N) is 2. The fraction of sp³-hybridized carbons (Fsp3) is 0. The second-order valence-electron chi connectivity index (χ2n) is 10.8. The molecule has 3 aromatic heterocycles. The average molecular weight is 553 g/mol. The summed E-state index contributed by atoms with van der Waals surface area (Å²) in [5, 5.41) is 6.50. The Morgan fingerprint density at radius 2 is 1.26 bits per heavy atom. The van der Waals surface area contributed by atoms with Crippen LogP contribution in [0.15, 0.2) is 155 Å². The predicted octanol–water partition coefficient (Wildman–Crippen LogP) is 11.2. The molecular weight excluding hydrogens is 528 g/mol. The Morgan fingerprint density at radius 1 is 0.488 bits per heavy atom. The van der Waals surface area contributed by atoms with Crippen molar-refractivity contribution in [2.24, 2.45) is 0 Å². The van der Waals surface area contributed by atoms with Gasteiger partial charge in [0.1, 0.15) is 16.7 Å². The van der Waals surface area contributed by atoms with Crippen LogP contribution in [-0.4, -0.2) is 4.98 Å². The maximum absolute atomic E-state index is 6.40. The van der Waals surface area contributed by atoms with E-state index < -0.39 is 0 Å². The predicted molar refractivity (Wildman–Crippen MR) is 176 cm³/mol. The summed E-state index contributed by atoms with van der Waals surface area (Å²) in [4.78, 5) is 6.60. The Balaban J connectivity index is 1.31. The highest BCUT2D eigenvalue weighted by molar-refractivity contribution is 6.16. The van der Waals surface area contributed by atoms with Crippen molar-refractivity contribution >= 4 is 71.7 Å². The summed E-state index contributed by atoms with van der Waals surface area (Å²) in [6, 6.07) is 46.7. The molecule has 0 unspecified atom stereocenters. The van der Waals surface area contributed by atoms with Gasteiger partial charge in [0.2, 0.25) is 0 Å². The van der Waals surface area contributed by atoms with Crippen LogP contribution < -0.4 is 4.90 Å². The maximum Gasteiger partial charge on any atom is 0.153 e. The molecule has 0 spiro atoms. The zero-order valence-electron chi connectivity index (χ0n) is 23.1. The molecule has 0 aliphatic rings. The van der Waals surface area contributed by atoms with E-state index in [2.05, 4.69) is 113 Å². The third-order valence-electron chi connectivity index (χ3n) is 8.35. The lowest BCUT2D eigenvalue weighted by atomic mass is 10.0. The normalized spacial score (nSPS) is 11.7. The van der Waals surface area contributed by atoms with E-state index in [1.807, 2.05) is 36.5 Å². The van der Waals surface area contributed by atoms with Gasteiger partial charge in [0, 0.05) is 39.1 Å². The Kier molecular flexibility index (Phi) is 5.16. The van der Waals surface area contributed by atoms with Crippen LogP contribution >= 0.6 is 0 Å². The molecule has 0 saturated carbocycles. The van der Waals surface area contributed by atoms with E-state index >= 15 is 0 Å². The summed E-state index contributed by atoms with van der Waals surface area (Å²) in [6.07, 6.45) is 3.60. The summed E-state index contributed by atoms with van der Waals surface area (Å²) in [5.41, 5.74) is 8.89. The SMILES string of the molecule is c1ccc(-c2ccc(N(c3ccc4ccc5c6ccncc6oc5c4c3)c3cccc4oc5ccccc5c34)cc2)cc1. The van der Waals surface area contributed by atoms with Gasteiger partial charge in [-0.2, -0.15) is 0 Å². The molecule has 9 aromatic rings. The van der Waals surface area contributed by atoms with Gasteiger partial charge in [0.25, 0.3) is 0 Å². The van der Waals surface area contributed by atoms with Gasteiger partial charge in [-0.15, -0.1) is 0 Å². The topological polar surface area (TPSA) is 42.4 Å². The first-order chi connectivity index (χ1) is 21.3. The molecule has 0 saturated heterocycles. The molecule has 0 radical (unpaired) electrons. The zero-order chi connectivity index (χ0) is 28.3. The molecule has 6 aromatic carbocycles. The Morgan fingerprint density at radius 3 is 2.16 bits per heavy atom. The summed E-state index contributed by atoms with van der Waals surface area (Å²) in [7, 11) is 0. The van der Waals surface area contributed by atoms with Crippen LogP contribution in [0.2, 0.25) is 0 Å². The number of fused-ring (bicyclic) bond motifs is 8. The lowest BCUT2D eigenvalue weighted by Crippen LogP contribution is -2.10. The van der Waals surface area contributed by atoms with E-state index in [1.54, 1.807) is 6.20 Å². The summed E-state index contributed by atoms with van der Waals surface area (Å²) < 4.78 is 12.7. The van der Waals surface area contributed by atoms with Crippen molar-refractivity contribution in [3.63, 3.8) is 0 Å². The lowest BCUT2D eigenvalue weighted by Gasteiger charge is -2.27. The Labute approximate surface area is 247 Å². The van der Waals surface area contributed by atoms with Crippen LogP contribution in [0.25, 0.3) is 65.8 Å². The molecule has 4 nitrogen and oxygen atoms in total. The fourth-order valence-corrected chi connectivity index (χ4v) is 6.34. The van der Waals surface area contributed by atoms with E-state index in [-0.39, 0.29) is 0 Å². The van der Waals surface area contributed by atoms with Gasteiger partial charge in [-0.3, -0.25) is 4.98 Å². The molecule has 43 heavy (non-hydrogen) atoms. The molecule has 4 heteroatoms. The first-order valence-corrected chi connectivity index (χ1v) is 14.4. The number of pyridine rings is 1. The summed E-state index contributed by atoms with van der Waals surface area (Å²) >= 11 is 0. The van der Waals surface area contributed by atoms with Crippen LogP contribution in [0.4, 0.5) is 17.1 Å². The second-order valence-corrected chi connectivity index (χ2v) is 10.8. The number of aromatic nitrogens is 1. The molecule has 3 heterocycles. The quantitative estimate of drug-likeness (QED) is 0.218. The van der Waals surface area contributed by atoms with Crippen LogP contribution in [0, 0.1) is 0 Å². The van der Waals surface area contributed by atoms with Crippen molar-refractivity contribution in [2.45, 2.75) is 0 Å². The fourth-order valence-electron chi connectivity index (χ4n) is 6.34. The largest absolute Gasteiger partial charge is 0.456 e. The highest BCUT2D eigenvalue weighted by Crippen LogP contribution is 2.44. The maximum atomic E-state index is 6.40. The number of para-hydroxylation sites is 1. The third-order valence-corrected chi connectivity index (χ3v) is 8.35. The van der Waals surface area contributed by atoms with Crippen LogP contribution in [0.3, 0.4) is 0 Å². The molecular formula is C39H24N2O2. The van der Waals surface area contributed by atoms with Gasteiger partial charge < -0.3 is 13.7 Å². The molecule has 0 N–H and O–H groups in total. The first-order valence-electron chi connectivity index (χ1n) is 14.4. The minimum atomic E-state index is 0.790. The van der Waals surface area contributed by atoms with Crippen LogP contribution in [0.1, 0.15) is 0 Å². The van der Waals surface area contributed by atoms with E-state index in [4.69, 9.17) is 8.83 Å². The van der Waals surface area contributed by atoms with Crippen LogP contribution in [-0.2, 0) is 0 Å². The van der Waals surface area contributed by atoms with E-state index in [9.17, 15) is 0 Å². The van der Waals surface area contributed by atoms with E-state index in [0.29, 0.717) is 0 Å². The summed E-state index contributed by atoms with van der Waals surface area (Å²) in [6.45, 7) is 0. The van der Waals surface area contributed by atoms with Gasteiger partial charge in [-0.25, -0.2) is 0 Å². The van der Waals surface area contributed by atoms with Crippen molar-refractivity contribution in [3.05, 3.63) is 146 Å². The molecule has 0 atom stereocenters. The minimum absolute atomic E-state index is 0.790.